The molecule has 2 aromatic carbocycles. The third kappa shape index (κ3) is 3.19. The van der Waals surface area contributed by atoms with E-state index >= 15 is 0 Å². The summed E-state index contributed by atoms with van der Waals surface area (Å²) in [5, 5.41) is 27.9. The average Bonchev–Trinajstić information content (AvgIpc) is 2.77. The second kappa shape index (κ2) is 7.85. The van der Waals surface area contributed by atoms with Crippen molar-refractivity contribution in [2.75, 3.05) is 0 Å². The lowest BCUT2D eigenvalue weighted by Gasteiger charge is -2.21. The Morgan fingerprint density at radius 1 is 0.970 bits per heavy atom. The molecule has 0 atom stereocenters. The average molecular weight is 483 g/mol. The van der Waals surface area contributed by atoms with Crippen molar-refractivity contribution >= 4 is 51.8 Å². The number of phenolic OH excluding ortho intramolecular Hbond substituents is 1. The van der Waals surface area contributed by atoms with Gasteiger partial charge in [0.15, 0.2) is 11.7 Å². The summed E-state index contributed by atoms with van der Waals surface area (Å²) in [6.07, 6.45) is 0. The van der Waals surface area contributed by atoms with Crippen LogP contribution >= 0.6 is 23.2 Å². The number of nitrogens with zero attached hydrogens (tertiary/aromatic N) is 4. The molecule has 0 bridgehead atoms. The molecule has 1 aromatic heterocycles. The molecule has 9 nitrogen and oxygen atoms in total. The van der Waals surface area contributed by atoms with Crippen molar-refractivity contribution in [3.8, 4) is 11.6 Å². The molecule has 0 amide bonds. The van der Waals surface area contributed by atoms with Gasteiger partial charge in [0.05, 0.1) is 33.3 Å². The minimum absolute atomic E-state index is 0.0236. The third-order valence-corrected chi connectivity index (χ3v) is 5.87. The van der Waals surface area contributed by atoms with Crippen LogP contribution in [0.2, 0.25) is 10.0 Å². The van der Waals surface area contributed by atoms with Crippen LogP contribution in [-0.4, -0.2) is 26.3 Å². The SMILES string of the molecule is [C-]#[N+]c1c(C)c(N=Nc2c(Cl)cc(Cl)c3c2C(=O)c2c(O)cccc2C3=O)c(=O)n(C)c1O. The summed E-state index contributed by atoms with van der Waals surface area (Å²) in [5.74, 6) is -2.28. The van der Waals surface area contributed by atoms with Crippen LogP contribution in [0.1, 0.15) is 37.4 Å². The smallest absolute Gasteiger partial charge is 0.278 e. The summed E-state index contributed by atoms with van der Waals surface area (Å²) >= 11 is 12.5. The molecular formula is C22H12Cl2N4O5. The summed E-state index contributed by atoms with van der Waals surface area (Å²) in [4.78, 5) is 42.1. The summed E-state index contributed by atoms with van der Waals surface area (Å²) in [5.41, 5.74) is -2.05. The Labute approximate surface area is 196 Å². The van der Waals surface area contributed by atoms with Gasteiger partial charge in [-0.1, -0.05) is 35.3 Å². The first kappa shape index (κ1) is 22.2. The Bertz CT molecular complexity index is 1550. The minimum Gasteiger partial charge on any atom is -0.507 e. The minimum atomic E-state index is -0.745. The van der Waals surface area contributed by atoms with Crippen molar-refractivity contribution in [2.24, 2.45) is 17.3 Å². The molecule has 4 rings (SSSR count). The summed E-state index contributed by atoms with van der Waals surface area (Å²) in [7, 11) is 1.25. The Morgan fingerprint density at radius 3 is 2.30 bits per heavy atom. The maximum atomic E-state index is 13.3. The largest absolute Gasteiger partial charge is 0.507 e. The first-order valence-electron chi connectivity index (χ1n) is 9.25. The van der Waals surface area contributed by atoms with Crippen molar-refractivity contribution in [2.45, 2.75) is 6.92 Å². The maximum Gasteiger partial charge on any atom is 0.278 e. The number of benzene rings is 2. The van der Waals surface area contributed by atoms with Gasteiger partial charge in [-0.2, -0.15) is 0 Å². The highest BCUT2D eigenvalue weighted by molar-refractivity contribution is 6.43. The lowest BCUT2D eigenvalue weighted by Crippen LogP contribution is -2.22. The normalized spacial score (nSPS) is 12.6. The van der Waals surface area contributed by atoms with Crippen molar-refractivity contribution in [1.82, 2.24) is 4.57 Å². The van der Waals surface area contributed by atoms with Gasteiger partial charge >= 0.3 is 0 Å². The number of aromatic hydroxyl groups is 2. The molecule has 0 saturated carbocycles. The molecule has 0 spiro atoms. The van der Waals surface area contributed by atoms with Gasteiger partial charge in [-0.05, 0) is 24.6 Å². The van der Waals surface area contributed by atoms with Crippen molar-refractivity contribution < 1.29 is 19.8 Å². The molecule has 1 heterocycles. The highest BCUT2D eigenvalue weighted by atomic mass is 35.5. The molecule has 11 heteroatoms. The molecule has 0 saturated heterocycles. The van der Waals surface area contributed by atoms with E-state index in [1.807, 2.05) is 0 Å². The molecular weight excluding hydrogens is 471 g/mol. The van der Waals surface area contributed by atoms with Crippen LogP contribution in [0.5, 0.6) is 11.6 Å². The third-order valence-electron chi connectivity index (χ3n) is 5.28. The fourth-order valence-corrected chi connectivity index (χ4v) is 4.17. The van der Waals surface area contributed by atoms with Gasteiger partial charge in [0.25, 0.3) is 5.56 Å². The maximum absolute atomic E-state index is 13.3. The van der Waals surface area contributed by atoms with E-state index in [2.05, 4.69) is 15.1 Å². The molecule has 164 valence electrons. The molecule has 2 N–H and O–H groups in total. The number of fused-ring (bicyclic) bond motifs is 2. The van der Waals surface area contributed by atoms with E-state index in [1.54, 1.807) is 0 Å². The first-order chi connectivity index (χ1) is 15.6. The van der Waals surface area contributed by atoms with Gasteiger partial charge in [-0.15, -0.1) is 10.2 Å². The Morgan fingerprint density at radius 2 is 1.64 bits per heavy atom. The number of pyridine rings is 1. The molecule has 1 aliphatic rings. The lowest BCUT2D eigenvalue weighted by atomic mass is 9.82. The van der Waals surface area contributed by atoms with Crippen LogP contribution in [-0.2, 0) is 7.05 Å². The van der Waals surface area contributed by atoms with E-state index < -0.39 is 28.8 Å². The first-order valence-corrected chi connectivity index (χ1v) is 10.0. The predicted octanol–water partition coefficient (Wildman–Crippen LogP) is 5.15. The number of hydrogen-bond acceptors (Lipinski definition) is 7. The second-order valence-electron chi connectivity index (χ2n) is 7.12. The number of carbonyl (C=O) groups is 2. The van der Waals surface area contributed by atoms with Gasteiger partial charge in [-0.25, -0.2) is 4.85 Å². The molecule has 0 aliphatic heterocycles. The van der Waals surface area contributed by atoms with E-state index in [4.69, 9.17) is 29.8 Å². The van der Waals surface area contributed by atoms with E-state index in [0.29, 0.717) is 0 Å². The number of azo groups is 1. The van der Waals surface area contributed by atoms with E-state index in [0.717, 1.165) is 4.57 Å². The van der Waals surface area contributed by atoms with E-state index in [-0.39, 0.29) is 54.9 Å². The lowest BCUT2D eigenvalue weighted by molar-refractivity contribution is 0.0977. The molecule has 33 heavy (non-hydrogen) atoms. The molecule has 0 radical (unpaired) electrons. The van der Waals surface area contributed by atoms with Gasteiger partial charge < -0.3 is 10.2 Å². The highest BCUT2D eigenvalue weighted by Crippen LogP contribution is 2.44. The molecule has 3 aromatic rings. The standard InChI is InChI=1S/C22H12Cl2N4O5/c1-8-16(25-2)21(32)28(3)22(33)17(8)26-27-18-11(24)7-10(23)14-15(18)20(31)13-9(19(14)30)5-4-6-12(13)29/h4-7,29,32H,1,3H3. The van der Waals surface area contributed by atoms with Crippen LogP contribution in [0.15, 0.2) is 39.3 Å². The predicted molar refractivity (Wildman–Crippen MR) is 120 cm³/mol. The zero-order valence-electron chi connectivity index (χ0n) is 17.0. The Kier molecular flexibility index (Phi) is 5.28. The molecule has 0 unspecified atom stereocenters. The number of halogens is 2. The van der Waals surface area contributed by atoms with Crippen LogP contribution in [0.4, 0.5) is 17.1 Å². The van der Waals surface area contributed by atoms with Gasteiger partial charge in [0.2, 0.25) is 11.5 Å². The molecule has 1 aliphatic carbocycles. The zero-order valence-corrected chi connectivity index (χ0v) is 18.5. The number of ketones is 2. The number of phenols is 1. The van der Waals surface area contributed by atoms with Gasteiger partial charge in [0, 0.05) is 12.6 Å². The van der Waals surface area contributed by atoms with E-state index in [9.17, 15) is 24.6 Å². The van der Waals surface area contributed by atoms with Gasteiger partial charge in [-0.3, -0.25) is 19.0 Å². The van der Waals surface area contributed by atoms with Crippen LogP contribution in [0, 0.1) is 13.5 Å². The number of aromatic nitrogens is 1. The fourth-order valence-electron chi connectivity index (χ4n) is 3.58. The highest BCUT2D eigenvalue weighted by Gasteiger charge is 2.37. The Balaban J connectivity index is 1.99. The van der Waals surface area contributed by atoms with Crippen LogP contribution < -0.4 is 5.56 Å². The second-order valence-corrected chi connectivity index (χ2v) is 7.93. The van der Waals surface area contributed by atoms with Crippen molar-refractivity contribution in [3.63, 3.8) is 0 Å². The number of carbonyl (C=O) groups excluding carboxylic acids is 2. The number of rotatable bonds is 2. The van der Waals surface area contributed by atoms with Crippen molar-refractivity contribution in [3.05, 3.63) is 83.9 Å². The summed E-state index contributed by atoms with van der Waals surface area (Å²) in [6.45, 7) is 8.65. The Hall–Kier alpha value is -4.00. The van der Waals surface area contributed by atoms with Crippen LogP contribution in [0.3, 0.4) is 0 Å². The fraction of sp³-hybridized carbons (Fsp3) is 0.0909. The number of hydrogen-bond donors (Lipinski definition) is 2. The van der Waals surface area contributed by atoms with Crippen LogP contribution in [0.25, 0.3) is 4.85 Å². The molecule has 0 fully saturated rings. The topological polar surface area (TPSA) is 126 Å². The monoisotopic (exact) mass is 482 g/mol. The van der Waals surface area contributed by atoms with E-state index in [1.165, 1.54) is 38.2 Å². The summed E-state index contributed by atoms with van der Waals surface area (Å²) in [6, 6.07) is 5.30. The van der Waals surface area contributed by atoms with Crippen molar-refractivity contribution in [1.29, 1.82) is 0 Å². The summed E-state index contributed by atoms with van der Waals surface area (Å²) < 4.78 is 0.830. The zero-order chi connectivity index (χ0) is 24.2. The van der Waals surface area contributed by atoms with Gasteiger partial charge in [0.1, 0.15) is 17.1 Å². The quantitative estimate of drug-likeness (QED) is 0.301.